The van der Waals surface area contributed by atoms with E-state index in [1.807, 2.05) is 40.1 Å². The number of hydrogen-bond acceptors (Lipinski definition) is 4. The maximum Gasteiger partial charge on any atom is 0.252 e. The molecule has 3 fully saturated rings. The molecule has 146 valence electrons. The van der Waals surface area contributed by atoms with Gasteiger partial charge < -0.3 is 14.5 Å². The summed E-state index contributed by atoms with van der Waals surface area (Å²) in [6.07, 6.45) is 3.13. The number of amides is 2. The third-order valence-corrected chi connectivity index (χ3v) is 6.39. The third-order valence-electron chi connectivity index (χ3n) is 6.39. The Kier molecular flexibility index (Phi) is 5.19. The molecule has 1 unspecified atom stereocenters. The first-order valence-electron chi connectivity index (χ1n) is 9.99. The number of carbonyl (C=O) groups excluding carboxylic acids is 2. The highest BCUT2D eigenvalue weighted by Gasteiger charge is 2.45. The number of hydrogen-bond donors (Lipinski definition) is 0. The van der Waals surface area contributed by atoms with Gasteiger partial charge in [-0.25, -0.2) is 0 Å². The fourth-order valence-corrected chi connectivity index (χ4v) is 4.82. The summed E-state index contributed by atoms with van der Waals surface area (Å²) in [6.45, 7) is 6.91. The first kappa shape index (κ1) is 18.4. The Morgan fingerprint density at radius 3 is 2.56 bits per heavy atom. The van der Waals surface area contributed by atoms with E-state index in [1.165, 1.54) is 0 Å². The van der Waals surface area contributed by atoms with Crippen molar-refractivity contribution in [3.63, 3.8) is 0 Å². The van der Waals surface area contributed by atoms with Crippen molar-refractivity contribution in [1.82, 2.24) is 9.80 Å². The minimum atomic E-state index is -0.000286. The zero-order valence-electron chi connectivity index (χ0n) is 16.1. The standard InChI is InChI=1S/C21H29N3O3/c1-17(25)22-10-7-18(8-11-22)23-12-9-21(14-23)15-24(20(26)13-27-16-21)19-5-3-2-4-6-19/h2-6,18H,7-16H2,1H3. The average molecular weight is 371 g/mol. The Morgan fingerprint density at radius 2 is 1.85 bits per heavy atom. The zero-order valence-corrected chi connectivity index (χ0v) is 16.1. The Hall–Kier alpha value is -1.92. The lowest BCUT2D eigenvalue weighted by atomic mass is 9.87. The summed E-state index contributed by atoms with van der Waals surface area (Å²) in [5.41, 5.74) is 0.959. The highest BCUT2D eigenvalue weighted by Crippen LogP contribution is 2.37. The summed E-state index contributed by atoms with van der Waals surface area (Å²) < 4.78 is 5.81. The lowest BCUT2D eigenvalue weighted by Gasteiger charge is -2.38. The summed E-state index contributed by atoms with van der Waals surface area (Å²) in [6, 6.07) is 10.5. The number of piperidine rings is 1. The topological polar surface area (TPSA) is 53.1 Å². The van der Waals surface area contributed by atoms with Crippen molar-refractivity contribution < 1.29 is 14.3 Å². The molecular formula is C21H29N3O3. The number of nitrogens with zero attached hydrogens (tertiary/aromatic N) is 3. The summed E-state index contributed by atoms with van der Waals surface area (Å²) in [5, 5.41) is 0. The maximum absolute atomic E-state index is 12.6. The summed E-state index contributed by atoms with van der Waals surface area (Å²) in [7, 11) is 0. The van der Waals surface area contributed by atoms with Crippen LogP contribution >= 0.6 is 0 Å². The molecule has 0 radical (unpaired) electrons. The van der Waals surface area contributed by atoms with Crippen molar-refractivity contribution >= 4 is 17.5 Å². The molecule has 3 heterocycles. The number of carbonyl (C=O) groups is 2. The van der Waals surface area contributed by atoms with Gasteiger partial charge in [-0.3, -0.25) is 14.5 Å². The average Bonchev–Trinajstić information content (AvgIpc) is 3.03. The molecule has 3 aliphatic heterocycles. The molecule has 27 heavy (non-hydrogen) atoms. The van der Waals surface area contributed by atoms with Crippen LogP contribution in [0.15, 0.2) is 30.3 Å². The van der Waals surface area contributed by atoms with E-state index in [9.17, 15) is 9.59 Å². The van der Waals surface area contributed by atoms with Gasteiger partial charge in [-0.15, -0.1) is 0 Å². The number of ether oxygens (including phenoxy) is 1. The molecule has 0 bridgehead atoms. The first-order chi connectivity index (χ1) is 13.1. The fourth-order valence-electron chi connectivity index (χ4n) is 4.82. The molecule has 6 heteroatoms. The molecule has 1 aromatic rings. The van der Waals surface area contributed by atoms with Crippen molar-refractivity contribution in [3.8, 4) is 0 Å². The number of likely N-dealkylation sites (tertiary alicyclic amines) is 2. The van der Waals surface area contributed by atoms with Crippen LogP contribution in [0.1, 0.15) is 26.2 Å². The van der Waals surface area contributed by atoms with Crippen LogP contribution in [0.25, 0.3) is 0 Å². The van der Waals surface area contributed by atoms with Crippen molar-refractivity contribution in [3.05, 3.63) is 30.3 Å². The largest absolute Gasteiger partial charge is 0.371 e. The number of benzene rings is 1. The Labute approximate surface area is 161 Å². The van der Waals surface area contributed by atoms with Gasteiger partial charge in [-0.2, -0.15) is 0 Å². The van der Waals surface area contributed by atoms with Gasteiger partial charge in [0.15, 0.2) is 0 Å². The van der Waals surface area contributed by atoms with E-state index in [0.717, 1.165) is 57.7 Å². The highest BCUT2D eigenvalue weighted by atomic mass is 16.5. The minimum Gasteiger partial charge on any atom is -0.371 e. The molecule has 0 N–H and O–H groups in total. The third kappa shape index (κ3) is 3.87. The Balaban J connectivity index is 1.44. The molecule has 0 aromatic heterocycles. The van der Waals surface area contributed by atoms with Gasteiger partial charge >= 0.3 is 0 Å². The lowest BCUT2D eigenvalue weighted by molar-refractivity contribution is -0.130. The lowest BCUT2D eigenvalue weighted by Crippen LogP contribution is -2.47. The van der Waals surface area contributed by atoms with Crippen molar-refractivity contribution in [2.45, 2.75) is 32.2 Å². The van der Waals surface area contributed by atoms with Crippen LogP contribution in [0.3, 0.4) is 0 Å². The van der Waals surface area contributed by atoms with Gasteiger partial charge in [0.2, 0.25) is 5.91 Å². The molecule has 0 saturated carbocycles. The normalized spacial score (nSPS) is 28.0. The quantitative estimate of drug-likeness (QED) is 0.795. The van der Waals surface area contributed by atoms with E-state index in [1.54, 1.807) is 6.92 Å². The number of rotatable bonds is 2. The van der Waals surface area contributed by atoms with Crippen LogP contribution in [0, 0.1) is 5.41 Å². The maximum atomic E-state index is 12.6. The van der Waals surface area contributed by atoms with Gasteiger partial charge in [0.05, 0.1) is 6.61 Å². The molecule has 3 aliphatic rings. The second kappa shape index (κ2) is 7.60. The van der Waals surface area contributed by atoms with Gasteiger partial charge in [0.1, 0.15) is 6.61 Å². The van der Waals surface area contributed by atoms with Crippen molar-refractivity contribution in [2.24, 2.45) is 5.41 Å². The zero-order chi connectivity index (χ0) is 18.9. The predicted octanol–water partition coefficient (Wildman–Crippen LogP) is 1.75. The van der Waals surface area contributed by atoms with E-state index >= 15 is 0 Å². The summed E-state index contributed by atoms with van der Waals surface area (Å²) >= 11 is 0. The van der Waals surface area contributed by atoms with Gasteiger partial charge in [-0.05, 0) is 37.9 Å². The molecule has 2 amide bonds. The van der Waals surface area contributed by atoms with Crippen LogP contribution in [-0.4, -0.2) is 73.6 Å². The van der Waals surface area contributed by atoms with Gasteiger partial charge in [-0.1, -0.05) is 18.2 Å². The van der Waals surface area contributed by atoms with Crippen LogP contribution in [-0.2, 0) is 14.3 Å². The summed E-state index contributed by atoms with van der Waals surface area (Å²) in [4.78, 5) is 30.6. The smallest absolute Gasteiger partial charge is 0.252 e. The van der Waals surface area contributed by atoms with E-state index in [0.29, 0.717) is 12.6 Å². The SMILES string of the molecule is CC(=O)N1CCC(N2CCC3(COCC(=O)N(c4ccccc4)C3)C2)CC1. The molecule has 0 aliphatic carbocycles. The van der Waals surface area contributed by atoms with Crippen molar-refractivity contribution in [2.75, 3.05) is 50.8 Å². The van der Waals surface area contributed by atoms with E-state index in [-0.39, 0.29) is 23.8 Å². The van der Waals surface area contributed by atoms with Crippen LogP contribution in [0.5, 0.6) is 0 Å². The second-order valence-electron chi connectivity index (χ2n) is 8.27. The molecule has 3 saturated heterocycles. The molecule has 1 spiro atoms. The van der Waals surface area contributed by atoms with Crippen LogP contribution in [0.4, 0.5) is 5.69 Å². The van der Waals surface area contributed by atoms with Crippen molar-refractivity contribution in [1.29, 1.82) is 0 Å². The number of anilines is 1. The molecule has 4 rings (SSSR count). The van der Waals surface area contributed by atoms with Gasteiger partial charge in [0.25, 0.3) is 5.91 Å². The van der Waals surface area contributed by atoms with E-state index in [2.05, 4.69) is 4.90 Å². The Bertz CT molecular complexity index is 687. The van der Waals surface area contributed by atoms with Crippen LogP contribution in [0.2, 0.25) is 0 Å². The molecular weight excluding hydrogens is 342 g/mol. The fraction of sp³-hybridized carbons (Fsp3) is 0.619. The highest BCUT2D eigenvalue weighted by molar-refractivity contribution is 5.94. The van der Waals surface area contributed by atoms with Gasteiger partial charge in [0, 0.05) is 50.2 Å². The number of para-hydroxylation sites is 1. The predicted molar refractivity (Wildman–Crippen MR) is 104 cm³/mol. The Morgan fingerprint density at radius 1 is 1.11 bits per heavy atom. The van der Waals surface area contributed by atoms with E-state index in [4.69, 9.17) is 4.74 Å². The molecule has 1 atom stereocenters. The monoisotopic (exact) mass is 371 g/mol. The first-order valence-corrected chi connectivity index (χ1v) is 9.99. The second-order valence-corrected chi connectivity index (χ2v) is 8.27. The molecule has 1 aromatic carbocycles. The van der Waals surface area contributed by atoms with E-state index < -0.39 is 0 Å². The van der Waals surface area contributed by atoms with Crippen LogP contribution < -0.4 is 4.90 Å². The summed E-state index contributed by atoms with van der Waals surface area (Å²) in [5.74, 6) is 0.229. The molecule has 6 nitrogen and oxygen atoms in total. The minimum absolute atomic E-state index is 0.000286.